The number of amides is 1. The summed E-state index contributed by atoms with van der Waals surface area (Å²) in [6.07, 6.45) is 0.598. The van der Waals surface area contributed by atoms with Gasteiger partial charge in [-0.15, -0.1) is 0 Å². The van der Waals surface area contributed by atoms with Gasteiger partial charge in [0, 0.05) is 29.8 Å². The molecule has 8 nitrogen and oxygen atoms in total. The Hall–Kier alpha value is -3.03. The molecule has 0 spiro atoms. The lowest BCUT2D eigenvalue weighted by atomic mass is 10.0. The first-order valence-electron chi connectivity index (χ1n) is 8.33. The van der Waals surface area contributed by atoms with Crippen molar-refractivity contribution in [3.63, 3.8) is 0 Å². The molecule has 1 aromatic carbocycles. The molecule has 1 aliphatic heterocycles. The zero-order valence-corrected chi connectivity index (χ0v) is 15.0. The van der Waals surface area contributed by atoms with E-state index < -0.39 is 5.97 Å². The van der Waals surface area contributed by atoms with Crippen molar-refractivity contribution in [2.45, 2.75) is 19.9 Å². The lowest BCUT2D eigenvalue weighted by Crippen LogP contribution is -2.36. The van der Waals surface area contributed by atoms with Crippen molar-refractivity contribution in [3.8, 4) is 11.5 Å². The van der Waals surface area contributed by atoms with Crippen molar-refractivity contribution in [1.82, 2.24) is 15.1 Å². The lowest BCUT2D eigenvalue weighted by Gasteiger charge is -2.27. The zero-order valence-electron chi connectivity index (χ0n) is 15.0. The molecule has 8 heteroatoms. The normalized spacial score (nSPS) is 13.1. The molecular weight excluding hydrogens is 338 g/mol. The molecule has 2 aromatic rings. The molecule has 0 aliphatic carbocycles. The minimum atomic E-state index is -0.481. The number of benzene rings is 1. The number of ether oxygens (including phenoxy) is 3. The van der Waals surface area contributed by atoms with Crippen molar-refractivity contribution in [2.24, 2.45) is 0 Å². The van der Waals surface area contributed by atoms with Crippen molar-refractivity contribution in [2.75, 3.05) is 27.4 Å². The molecule has 138 valence electrons. The van der Waals surface area contributed by atoms with Crippen LogP contribution in [0.25, 0.3) is 0 Å². The summed E-state index contributed by atoms with van der Waals surface area (Å²) in [6.45, 7) is 2.84. The van der Waals surface area contributed by atoms with Gasteiger partial charge in [-0.3, -0.25) is 9.89 Å². The number of carbonyl (C=O) groups excluding carboxylic acids is 2. The highest BCUT2D eigenvalue weighted by Gasteiger charge is 2.29. The second-order valence-corrected chi connectivity index (χ2v) is 5.80. The monoisotopic (exact) mass is 359 g/mol. The fourth-order valence-corrected chi connectivity index (χ4v) is 2.99. The SMILES string of the molecule is CCOC(=O)c1n[nH]c2c1CN(C(=O)c1ccc(OC)c(OC)c1)CC2. The third kappa shape index (κ3) is 3.22. The maximum Gasteiger partial charge on any atom is 0.359 e. The Balaban J connectivity index is 1.83. The van der Waals surface area contributed by atoms with Crippen LogP contribution in [0.1, 0.15) is 39.0 Å². The number of methoxy groups -OCH3 is 2. The number of H-pyrrole nitrogens is 1. The molecule has 0 radical (unpaired) electrons. The first-order valence-corrected chi connectivity index (χ1v) is 8.33. The minimum Gasteiger partial charge on any atom is -0.493 e. The molecule has 1 aromatic heterocycles. The Morgan fingerprint density at radius 1 is 1.23 bits per heavy atom. The first kappa shape index (κ1) is 17.8. The Labute approximate surface area is 151 Å². The van der Waals surface area contributed by atoms with E-state index in [-0.39, 0.29) is 18.2 Å². The Morgan fingerprint density at radius 3 is 2.69 bits per heavy atom. The van der Waals surface area contributed by atoms with Crippen molar-refractivity contribution in [1.29, 1.82) is 0 Å². The van der Waals surface area contributed by atoms with Crippen LogP contribution in [-0.4, -0.2) is 54.3 Å². The third-order valence-electron chi connectivity index (χ3n) is 4.32. The number of aromatic nitrogens is 2. The summed E-state index contributed by atoms with van der Waals surface area (Å²) < 4.78 is 15.5. The summed E-state index contributed by atoms with van der Waals surface area (Å²) in [6, 6.07) is 5.04. The van der Waals surface area contributed by atoms with Gasteiger partial charge in [0.25, 0.3) is 5.91 Å². The van der Waals surface area contributed by atoms with Crippen molar-refractivity contribution in [3.05, 3.63) is 40.7 Å². The summed E-state index contributed by atoms with van der Waals surface area (Å²) in [5.74, 6) is 0.425. The van der Waals surface area contributed by atoms with Crippen molar-refractivity contribution >= 4 is 11.9 Å². The summed E-state index contributed by atoms with van der Waals surface area (Å²) >= 11 is 0. The predicted molar refractivity (Wildman–Crippen MR) is 92.5 cm³/mol. The molecule has 2 heterocycles. The van der Waals surface area contributed by atoms with Crippen LogP contribution in [0.15, 0.2) is 18.2 Å². The molecule has 1 amide bonds. The smallest absolute Gasteiger partial charge is 0.359 e. The van der Waals surface area contributed by atoms with Gasteiger partial charge in [-0.25, -0.2) is 4.79 Å². The largest absolute Gasteiger partial charge is 0.493 e. The van der Waals surface area contributed by atoms with Gasteiger partial charge in [-0.05, 0) is 25.1 Å². The highest BCUT2D eigenvalue weighted by Crippen LogP contribution is 2.29. The van der Waals surface area contributed by atoms with Crippen LogP contribution in [-0.2, 0) is 17.7 Å². The summed E-state index contributed by atoms with van der Waals surface area (Å²) in [5, 5.41) is 6.93. The number of hydrogen-bond acceptors (Lipinski definition) is 6. The average molecular weight is 359 g/mol. The Morgan fingerprint density at radius 2 is 2.00 bits per heavy atom. The fourth-order valence-electron chi connectivity index (χ4n) is 2.99. The molecule has 0 saturated heterocycles. The number of carbonyl (C=O) groups is 2. The van der Waals surface area contributed by atoms with Crippen LogP contribution in [0, 0.1) is 0 Å². The standard InChI is InChI=1S/C18H21N3O5/c1-4-26-18(23)16-12-10-21(8-7-13(12)19-20-16)17(22)11-5-6-14(24-2)15(9-11)25-3/h5-6,9H,4,7-8,10H2,1-3H3,(H,19,20). The minimum absolute atomic E-state index is 0.146. The molecule has 26 heavy (non-hydrogen) atoms. The second-order valence-electron chi connectivity index (χ2n) is 5.80. The number of aromatic amines is 1. The molecule has 1 N–H and O–H groups in total. The van der Waals surface area contributed by atoms with Crippen LogP contribution in [0.4, 0.5) is 0 Å². The Kier molecular flexibility index (Phi) is 5.11. The number of nitrogens with one attached hydrogen (secondary N) is 1. The maximum absolute atomic E-state index is 12.9. The average Bonchev–Trinajstić information content (AvgIpc) is 3.10. The van der Waals surface area contributed by atoms with E-state index in [0.717, 1.165) is 5.69 Å². The van der Waals surface area contributed by atoms with Gasteiger partial charge in [0.15, 0.2) is 17.2 Å². The number of rotatable bonds is 5. The summed E-state index contributed by atoms with van der Waals surface area (Å²) in [4.78, 5) is 26.6. The summed E-state index contributed by atoms with van der Waals surface area (Å²) in [5.41, 5.74) is 2.31. The molecule has 1 aliphatic rings. The topological polar surface area (TPSA) is 93.8 Å². The zero-order chi connectivity index (χ0) is 18.7. The van der Waals surface area contributed by atoms with E-state index in [2.05, 4.69) is 10.2 Å². The van der Waals surface area contributed by atoms with E-state index in [9.17, 15) is 9.59 Å². The van der Waals surface area contributed by atoms with Gasteiger partial charge in [0.1, 0.15) is 0 Å². The van der Waals surface area contributed by atoms with Crippen LogP contribution in [0.5, 0.6) is 11.5 Å². The number of hydrogen-bond donors (Lipinski definition) is 1. The third-order valence-corrected chi connectivity index (χ3v) is 4.32. The highest BCUT2D eigenvalue weighted by molar-refractivity contribution is 5.95. The van der Waals surface area contributed by atoms with Crippen molar-refractivity contribution < 1.29 is 23.8 Å². The van der Waals surface area contributed by atoms with E-state index in [1.54, 1.807) is 37.1 Å². The molecule has 0 saturated carbocycles. The molecule has 0 atom stereocenters. The number of esters is 1. The van der Waals surface area contributed by atoms with Gasteiger partial charge in [-0.2, -0.15) is 5.10 Å². The van der Waals surface area contributed by atoms with E-state index in [0.29, 0.717) is 42.1 Å². The van der Waals surface area contributed by atoms with Gasteiger partial charge >= 0.3 is 5.97 Å². The number of nitrogens with zero attached hydrogens (tertiary/aromatic N) is 2. The van der Waals surface area contributed by atoms with E-state index in [4.69, 9.17) is 14.2 Å². The Bertz CT molecular complexity index is 830. The first-order chi connectivity index (χ1) is 12.6. The van der Waals surface area contributed by atoms with Crippen LogP contribution < -0.4 is 9.47 Å². The predicted octanol–water partition coefficient (Wildman–Crippen LogP) is 1.80. The van der Waals surface area contributed by atoms with E-state index in [1.807, 2.05) is 0 Å². The fraction of sp³-hybridized carbons (Fsp3) is 0.389. The molecule has 0 fully saturated rings. The molecule has 3 rings (SSSR count). The van der Waals surface area contributed by atoms with E-state index in [1.165, 1.54) is 7.11 Å². The quantitative estimate of drug-likeness (QED) is 0.818. The summed E-state index contributed by atoms with van der Waals surface area (Å²) in [7, 11) is 3.07. The van der Waals surface area contributed by atoms with Gasteiger partial charge < -0.3 is 19.1 Å². The molecule has 0 bridgehead atoms. The number of fused-ring (bicyclic) bond motifs is 1. The van der Waals surface area contributed by atoms with Gasteiger partial charge in [-0.1, -0.05) is 0 Å². The van der Waals surface area contributed by atoms with Gasteiger partial charge in [0.2, 0.25) is 0 Å². The van der Waals surface area contributed by atoms with Crippen LogP contribution in [0.3, 0.4) is 0 Å². The molecule has 0 unspecified atom stereocenters. The van der Waals surface area contributed by atoms with Crippen LogP contribution >= 0.6 is 0 Å². The maximum atomic E-state index is 12.9. The second kappa shape index (κ2) is 7.47. The van der Waals surface area contributed by atoms with E-state index >= 15 is 0 Å². The van der Waals surface area contributed by atoms with Gasteiger partial charge in [0.05, 0.1) is 27.4 Å². The highest BCUT2D eigenvalue weighted by atomic mass is 16.5. The van der Waals surface area contributed by atoms with Crippen LogP contribution in [0.2, 0.25) is 0 Å². The molecular formula is C18H21N3O5. The lowest BCUT2D eigenvalue weighted by molar-refractivity contribution is 0.0513.